The zero-order valence-electron chi connectivity index (χ0n) is 13.7. The first-order valence-corrected chi connectivity index (χ1v) is 9.29. The van der Waals surface area contributed by atoms with Gasteiger partial charge in [-0.15, -0.1) is 0 Å². The van der Waals surface area contributed by atoms with Gasteiger partial charge >= 0.3 is 0 Å². The number of fused-ring (bicyclic) bond motifs is 3. The Labute approximate surface area is 154 Å². The Hall–Kier alpha value is -2.26. The summed E-state index contributed by atoms with van der Waals surface area (Å²) in [5.74, 6) is 1.11. The predicted octanol–water partition coefficient (Wildman–Crippen LogP) is 5.50. The number of halogens is 1. The molecule has 2 aliphatic rings. The number of carbonyl (C=O) groups excluding carboxylic acids is 2. The van der Waals surface area contributed by atoms with E-state index in [9.17, 15) is 9.59 Å². The average Bonchev–Trinajstić information content (AvgIpc) is 3.34. The van der Waals surface area contributed by atoms with Gasteiger partial charge in [-0.2, -0.15) is 0 Å². The minimum absolute atomic E-state index is 0.0374. The Morgan fingerprint density at radius 1 is 0.800 bits per heavy atom. The molecule has 3 heteroatoms. The molecule has 2 nitrogen and oxygen atoms in total. The molecular formula is C22H15BrO2. The van der Waals surface area contributed by atoms with Crippen LogP contribution in [0.4, 0.5) is 0 Å². The van der Waals surface area contributed by atoms with Crippen molar-refractivity contribution < 1.29 is 9.59 Å². The van der Waals surface area contributed by atoms with Crippen LogP contribution in [-0.4, -0.2) is 11.6 Å². The van der Waals surface area contributed by atoms with Crippen LogP contribution >= 0.6 is 15.9 Å². The third kappa shape index (κ3) is 2.22. The molecule has 0 N–H and O–H groups in total. The molecule has 0 aromatic heterocycles. The lowest BCUT2D eigenvalue weighted by Gasteiger charge is -2.19. The van der Waals surface area contributed by atoms with Crippen LogP contribution in [0.3, 0.4) is 0 Å². The summed E-state index contributed by atoms with van der Waals surface area (Å²) >= 11 is 3.46. The summed E-state index contributed by atoms with van der Waals surface area (Å²) in [6.07, 6.45) is 1.16. The van der Waals surface area contributed by atoms with E-state index in [0.29, 0.717) is 34.1 Å². The van der Waals surface area contributed by atoms with Crippen LogP contribution in [-0.2, 0) is 0 Å². The maximum absolute atomic E-state index is 13.1. The van der Waals surface area contributed by atoms with Gasteiger partial charge in [0.2, 0.25) is 0 Å². The van der Waals surface area contributed by atoms with Crippen molar-refractivity contribution in [3.8, 4) is 0 Å². The maximum atomic E-state index is 13.1. The predicted molar refractivity (Wildman–Crippen MR) is 101 cm³/mol. The molecule has 1 fully saturated rings. The summed E-state index contributed by atoms with van der Waals surface area (Å²) < 4.78 is 0.957. The Balaban J connectivity index is 1.71. The van der Waals surface area contributed by atoms with Crippen molar-refractivity contribution in [1.82, 2.24) is 0 Å². The highest BCUT2D eigenvalue weighted by atomic mass is 79.9. The van der Waals surface area contributed by atoms with Gasteiger partial charge in [-0.3, -0.25) is 9.59 Å². The average molecular weight is 391 g/mol. The van der Waals surface area contributed by atoms with E-state index in [0.717, 1.165) is 21.7 Å². The second-order valence-electron chi connectivity index (χ2n) is 7.17. The van der Waals surface area contributed by atoms with Crippen LogP contribution in [0.25, 0.3) is 10.8 Å². The summed E-state index contributed by atoms with van der Waals surface area (Å²) in [6.45, 7) is 2.22. The summed E-state index contributed by atoms with van der Waals surface area (Å²) in [7, 11) is 0. The first kappa shape index (κ1) is 15.0. The Kier molecular flexibility index (Phi) is 3.08. The second kappa shape index (κ2) is 5.12. The summed E-state index contributed by atoms with van der Waals surface area (Å²) in [6, 6.07) is 15.4. The molecule has 0 spiro atoms. The van der Waals surface area contributed by atoms with E-state index >= 15 is 0 Å². The molecule has 0 bridgehead atoms. The van der Waals surface area contributed by atoms with Crippen LogP contribution in [0, 0.1) is 5.92 Å². The molecule has 0 heterocycles. The summed E-state index contributed by atoms with van der Waals surface area (Å²) in [4.78, 5) is 26.1. The SMILES string of the molecule is CC1C[C@@H]1c1ccc2c(c1)C(=O)c1cc3ccc(Br)cc3cc1C2=O. The number of rotatable bonds is 1. The third-order valence-corrected chi connectivity index (χ3v) is 5.99. The van der Waals surface area contributed by atoms with E-state index < -0.39 is 0 Å². The zero-order valence-corrected chi connectivity index (χ0v) is 15.3. The van der Waals surface area contributed by atoms with Crippen molar-refractivity contribution in [3.63, 3.8) is 0 Å². The van der Waals surface area contributed by atoms with Crippen LogP contribution in [0.15, 0.2) is 53.0 Å². The number of hydrogen-bond donors (Lipinski definition) is 0. The molecule has 122 valence electrons. The zero-order chi connectivity index (χ0) is 17.3. The maximum Gasteiger partial charge on any atom is 0.194 e. The van der Waals surface area contributed by atoms with Crippen molar-refractivity contribution in [2.45, 2.75) is 19.3 Å². The molecule has 0 aliphatic heterocycles. The van der Waals surface area contributed by atoms with Gasteiger partial charge in [-0.1, -0.05) is 41.1 Å². The lowest BCUT2D eigenvalue weighted by Crippen LogP contribution is -2.21. The van der Waals surface area contributed by atoms with Gasteiger partial charge < -0.3 is 0 Å². The van der Waals surface area contributed by atoms with Crippen LogP contribution in [0.2, 0.25) is 0 Å². The van der Waals surface area contributed by atoms with Crippen molar-refractivity contribution in [2.75, 3.05) is 0 Å². The lowest BCUT2D eigenvalue weighted by atomic mass is 9.82. The number of benzene rings is 3. The van der Waals surface area contributed by atoms with Gasteiger partial charge in [0.1, 0.15) is 0 Å². The molecule has 0 radical (unpaired) electrons. The molecule has 0 amide bonds. The summed E-state index contributed by atoms with van der Waals surface area (Å²) in [5.41, 5.74) is 3.30. The van der Waals surface area contributed by atoms with Gasteiger partial charge in [0.25, 0.3) is 0 Å². The second-order valence-corrected chi connectivity index (χ2v) is 8.09. The van der Waals surface area contributed by atoms with E-state index in [1.54, 1.807) is 0 Å². The normalized spacial score (nSPS) is 21.2. The van der Waals surface area contributed by atoms with Gasteiger partial charge in [0, 0.05) is 26.7 Å². The topological polar surface area (TPSA) is 34.1 Å². The fourth-order valence-corrected chi connectivity index (χ4v) is 4.28. The minimum Gasteiger partial charge on any atom is -0.289 e. The Bertz CT molecular complexity index is 1100. The van der Waals surface area contributed by atoms with Gasteiger partial charge in [0.15, 0.2) is 11.6 Å². The monoisotopic (exact) mass is 390 g/mol. The fourth-order valence-electron chi connectivity index (χ4n) is 3.90. The first-order valence-electron chi connectivity index (χ1n) is 8.49. The van der Waals surface area contributed by atoms with Crippen molar-refractivity contribution >= 4 is 38.3 Å². The van der Waals surface area contributed by atoms with E-state index in [4.69, 9.17) is 0 Å². The van der Waals surface area contributed by atoms with Crippen LogP contribution in [0.1, 0.15) is 56.7 Å². The highest BCUT2D eigenvalue weighted by Crippen LogP contribution is 2.47. The third-order valence-electron chi connectivity index (χ3n) is 5.50. The highest BCUT2D eigenvalue weighted by Gasteiger charge is 2.36. The smallest absolute Gasteiger partial charge is 0.194 e. The molecule has 2 aliphatic carbocycles. The molecule has 5 rings (SSSR count). The highest BCUT2D eigenvalue weighted by molar-refractivity contribution is 9.10. The number of carbonyl (C=O) groups is 2. The molecule has 2 atom stereocenters. The van der Waals surface area contributed by atoms with Crippen molar-refractivity contribution in [1.29, 1.82) is 0 Å². The van der Waals surface area contributed by atoms with Crippen LogP contribution < -0.4 is 0 Å². The Morgan fingerprint density at radius 3 is 2.16 bits per heavy atom. The molecule has 1 saturated carbocycles. The minimum atomic E-state index is -0.0538. The van der Waals surface area contributed by atoms with Crippen molar-refractivity contribution in [2.24, 2.45) is 5.92 Å². The molecule has 1 unspecified atom stereocenters. The van der Waals surface area contributed by atoms with Gasteiger partial charge in [-0.05, 0) is 64.9 Å². The number of hydrogen-bond acceptors (Lipinski definition) is 2. The quantitative estimate of drug-likeness (QED) is 0.429. The van der Waals surface area contributed by atoms with Gasteiger partial charge in [0.05, 0.1) is 0 Å². The molecular weight excluding hydrogens is 376 g/mol. The van der Waals surface area contributed by atoms with Gasteiger partial charge in [-0.25, -0.2) is 0 Å². The fraction of sp³-hybridized carbons (Fsp3) is 0.182. The van der Waals surface area contributed by atoms with E-state index in [1.807, 2.05) is 48.5 Å². The molecule has 3 aromatic carbocycles. The molecule has 0 saturated heterocycles. The van der Waals surface area contributed by atoms with Crippen molar-refractivity contribution in [3.05, 3.63) is 80.8 Å². The molecule has 25 heavy (non-hydrogen) atoms. The summed E-state index contributed by atoms with van der Waals surface area (Å²) in [5, 5.41) is 1.93. The Morgan fingerprint density at radius 2 is 1.44 bits per heavy atom. The van der Waals surface area contributed by atoms with E-state index in [-0.39, 0.29) is 11.6 Å². The largest absolute Gasteiger partial charge is 0.289 e. The van der Waals surface area contributed by atoms with Crippen LogP contribution in [0.5, 0.6) is 0 Å². The number of ketones is 2. The lowest BCUT2D eigenvalue weighted by molar-refractivity contribution is 0.0979. The van der Waals surface area contributed by atoms with E-state index in [2.05, 4.69) is 22.9 Å². The first-order chi connectivity index (χ1) is 12.0. The standard InChI is InChI=1S/C22H15BrO2/c1-11-6-17(11)13-3-5-16-18(9-13)22(25)19-8-12-2-4-15(23)7-14(12)10-20(19)21(16)24/h2-5,7-11,17H,6H2,1H3/t11?,17-/m0/s1. The van der Waals surface area contributed by atoms with E-state index in [1.165, 1.54) is 5.56 Å². The molecule has 3 aromatic rings.